The van der Waals surface area contributed by atoms with Crippen molar-refractivity contribution in [2.45, 2.75) is 18.1 Å². The Morgan fingerprint density at radius 1 is 1.28 bits per heavy atom. The number of hydrogen-bond acceptors (Lipinski definition) is 2. The molecule has 25 heavy (non-hydrogen) atoms. The summed E-state index contributed by atoms with van der Waals surface area (Å²) < 4.78 is 25.4. The number of halogens is 3. The summed E-state index contributed by atoms with van der Waals surface area (Å²) in [7, 11) is -1.03. The topological polar surface area (TPSA) is 46.2 Å². The standard InChI is InChI=1S/C18H16Cl2FNO2S/c1-25(24)9-10-7-11(5-6-14(10)19)22-18(23)13-8-12(13)17-15(20)3-2-4-16(17)21/h2-7,12-13H,8-9H2,1H3,(H,22,23). The van der Waals surface area contributed by atoms with E-state index in [1.807, 2.05) is 0 Å². The van der Waals surface area contributed by atoms with Crippen LogP contribution in [-0.2, 0) is 21.3 Å². The number of carbonyl (C=O) groups excluding carboxylic acids is 1. The van der Waals surface area contributed by atoms with E-state index >= 15 is 0 Å². The number of amides is 1. The predicted molar refractivity (Wildman–Crippen MR) is 100 cm³/mol. The minimum absolute atomic E-state index is 0.185. The summed E-state index contributed by atoms with van der Waals surface area (Å²) in [6.07, 6.45) is 2.15. The molecule has 0 saturated heterocycles. The van der Waals surface area contributed by atoms with Crippen LogP contribution in [0.2, 0.25) is 10.0 Å². The molecule has 0 aromatic heterocycles. The zero-order valence-corrected chi connectivity index (χ0v) is 15.7. The lowest BCUT2D eigenvalue weighted by atomic mass is 10.1. The van der Waals surface area contributed by atoms with Crippen molar-refractivity contribution in [2.75, 3.05) is 11.6 Å². The average molecular weight is 400 g/mol. The third-order valence-corrected chi connectivity index (χ3v) is 5.59. The molecule has 1 saturated carbocycles. The zero-order chi connectivity index (χ0) is 18.1. The van der Waals surface area contributed by atoms with Gasteiger partial charge < -0.3 is 5.32 Å². The average Bonchev–Trinajstić information content (AvgIpc) is 3.30. The van der Waals surface area contributed by atoms with Crippen LogP contribution in [-0.4, -0.2) is 16.4 Å². The first-order chi connectivity index (χ1) is 11.9. The maximum atomic E-state index is 14.0. The maximum Gasteiger partial charge on any atom is 0.228 e. The van der Waals surface area contributed by atoms with E-state index < -0.39 is 10.8 Å². The second-order valence-corrected chi connectivity index (χ2v) is 8.35. The van der Waals surface area contributed by atoms with Gasteiger partial charge in [-0.15, -0.1) is 0 Å². The van der Waals surface area contributed by atoms with E-state index in [1.165, 1.54) is 6.07 Å². The van der Waals surface area contributed by atoms with Gasteiger partial charge in [0.25, 0.3) is 0 Å². The zero-order valence-electron chi connectivity index (χ0n) is 13.4. The smallest absolute Gasteiger partial charge is 0.228 e. The Morgan fingerprint density at radius 2 is 2.04 bits per heavy atom. The van der Waals surface area contributed by atoms with Gasteiger partial charge >= 0.3 is 0 Å². The lowest BCUT2D eigenvalue weighted by molar-refractivity contribution is -0.117. The molecule has 7 heteroatoms. The van der Waals surface area contributed by atoms with Crippen LogP contribution in [0.25, 0.3) is 0 Å². The molecule has 2 aromatic rings. The summed E-state index contributed by atoms with van der Waals surface area (Å²) in [5.41, 5.74) is 1.70. The van der Waals surface area contributed by atoms with Gasteiger partial charge in [-0.3, -0.25) is 9.00 Å². The quantitative estimate of drug-likeness (QED) is 0.787. The summed E-state index contributed by atoms with van der Waals surface area (Å²) in [5, 5.41) is 3.68. The molecule has 0 spiro atoms. The van der Waals surface area contributed by atoms with Crippen molar-refractivity contribution in [3.05, 3.63) is 63.4 Å². The normalized spacial score (nSPS) is 20.2. The molecule has 3 atom stereocenters. The highest BCUT2D eigenvalue weighted by Gasteiger charge is 2.46. The van der Waals surface area contributed by atoms with E-state index in [1.54, 1.807) is 36.6 Å². The van der Waals surface area contributed by atoms with Crippen LogP contribution in [0, 0.1) is 11.7 Å². The van der Waals surface area contributed by atoms with Crippen molar-refractivity contribution in [3.63, 3.8) is 0 Å². The van der Waals surface area contributed by atoms with Crippen LogP contribution in [0.1, 0.15) is 23.5 Å². The van der Waals surface area contributed by atoms with Crippen molar-refractivity contribution in [1.29, 1.82) is 0 Å². The summed E-state index contributed by atoms with van der Waals surface area (Å²) in [6, 6.07) is 9.60. The molecule has 0 heterocycles. The Kier molecular flexibility index (Phi) is 5.46. The van der Waals surface area contributed by atoms with Crippen LogP contribution in [0.4, 0.5) is 10.1 Å². The molecule has 2 aromatic carbocycles. The number of benzene rings is 2. The molecule has 1 aliphatic rings. The second kappa shape index (κ2) is 7.44. The number of anilines is 1. The monoisotopic (exact) mass is 399 g/mol. The van der Waals surface area contributed by atoms with E-state index in [4.69, 9.17) is 23.2 Å². The van der Waals surface area contributed by atoms with E-state index in [0.717, 1.165) is 0 Å². The number of rotatable bonds is 5. The van der Waals surface area contributed by atoms with Crippen molar-refractivity contribution in [2.24, 2.45) is 5.92 Å². The molecule has 1 fully saturated rings. The molecular formula is C18H16Cl2FNO2S. The van der Waals surface area contributed by atoms with Crippen LogP contribution in [0.3, 0.4) is 0 Å². The lowest BCUT2D eigenvalue weighted by Gasteiger charge is -2.09. The first-order valence-electron chi connectivity index (χ1n) is 7.70. The molecule has 1 N–H and O–H groups in total. The highest BCUT2D eigenvalue weighted by molar-refractivity contribution is 7.83. The lowest BCUT2D eigenvalue weighted by Crippen LogP contribution is -2.15. The van der Waals surface area contributed by atoms with Crippen LogP contribution in [0.5, 0.6) is 0 Å². The summed E-state index contributed by atoms with van der Waals surface area (Å²) in [5.74, 6) is -0.765. The molecule has 3 unspecified atom stereocenters. The van der Waals surface area contributed by atoms with Crippen molar-refractivity contribution < 1.29 is 13.4 Å². The predicted octanol–water partition coefficient (Wildman–Crippen LogP) is 4.75. The molecule has 0 bridgehead atoms. The van der Waals surface area contributed by atoms with E-state index in [-0.39, 0.29) is 23.6 Å². The molecule has 3 rings (SSSR count). The second-order valence-electron chi connectivity index (χ2n) is 6.10. The molecule has 3 nitrogen and oxygen atoms in total. The van der Waals surface area contributed by atoms with Gasteiger partial charge in [-0.25, -0.2) is 4.39 Å². The van der Waals surface area contributed by atoms with E-state index in [0.29, 0.717) is 39.0 Å². The molecule has 1 amide bonds. The molecule has 132 valence electrons. The minimum Gasteiger partial charge on any atom is -0.326 e. The number of nitrogens with one attached hydrogen (secondary N) is 1. The molecule has 1 aliphatic carbocycles. The van der Waals surface area contributed by atoms with Crippen molar-refractivity contribution in [3.8, 4) is 0 Å². The Hall–Kier alpha value is -1.43. The Balaban J connectivity index is 1.71. The van der Waals surface area contributed by atoms with Gasteiger partial charge in [0, 0.05) is 55.9 Å². The summed E-state index contributed by atoms with van der Waals surface area (Å²) >= 11 is 12.2. The number of carbonyl (C=O) groups is 1. The Bertz CT molecular complexity index is 839. The van der Waals surface area contributed by atoms with Gasteiger partial charge in [0.2, 0.25) is 5.91 Å². The van der Waals surface area contributed by atoms with E-state index in [2.05, 4.69) is 5.32 Å². The Labute approximate surface area is 158 Å². The third-order valence-electron chi connectivity index (χ3n) is 4.17. The van der Waals surface area contributed by atoms with E-state index in [9.17, 15) is 13.4 Å². The van der Waals surface area contributed by atoms with Crippen LogP contribution < -0.4 is 5.32 Å². The fourth-order valence-electron chi connectivity index (χ4n) is 2.89. The van der Waals surface area contributed by atoms with Gasteiger partial charge in [0.05, 0.1) is 0 Å². The number of hydrogen-bond donors (Lipinski definition) is 1. The molecule has 0 aliphatic heterocycles. The van der Waals surface area contributed by atoms with Gasteiger partial charge in [0.1, 0.15) is 5.82 Å². The highest BCUT2D eigenvalue weighted by atomic mass is 35.5. The van der Waals surface area contributed by atoms with Crippen molar-refractivity contribution in [1.82, 2.24) is 0 Å². The van der Waals surface area contributed by atoms with Crippen LogP contribution >= 0.6 is 23.2 Å². The largest absolute Gasteiger partial charge is 0.326 e. The summed E-state index contributed by atoms with van der Waals surface area (Å²) in [4.78, 5) is 12.4. The SMILES string of the molecule is CS(=O)Cc1cc(NC(=O)C2CC2c2c(F)cccc2Cl)ccc1Cl. The first-order valence-corrected chi connectivity index (χ1v) is 10.2. The maximum absolute atomic E-state index is 14.0. The highest BCUT2D eigenvalue weighted by Crippen LogP contribution is 2.50. The fourth-order valence-corrected chi connectivity index (χ4v) is 4.13. The van der Waals surface area contributed by atoms with Crippen LogP contribution in [0.15, 0.2) is 36.4 Å². The Morgan fingerprint density at radius 3 is 2.72 bits per heavy atom. The third kappa shape index (κ3) is 4.22. The van der Waals surface area contributed by atoms with Gasteiger partial charge in [0.15, 0.2) is 0 Å². The van der Waals surface area contributed by atoms with Crippen molar-refractivity contribution >= 4 is 45.6 Å². The molecule has 0 radical (unpaired) electrons. The van der Waals surface area contributed by atoms with Gasteiger partial charge in [-0.2, -0.15) is 0 Å². The van der Waals surface area contributed by atoms with Gasteiger partial charge in [-0.1, -0.05) is 29.3 Å². The summed E-state index contributed by atoms with van der Waals surface area (Å²) in [6.45, 7) is 0. The molecular weight excluding hydrogens is 384 g/mol. The van der Waals surface area contributed by atoms with Gasteiger partial charge in [-0.05, 0) is 42.3 Å². The first kappa shape index (κ1) is 18.4. The minimum atomic E-state index is -1.03. The fraction of sp³-hybridized carbons (Fsp3) is 0.278.